The number of unbranched alkanes of at least 4 members (excludes halogenated alkanes) is 8. The Balaban J connectivity index is -0.00000180. The Kier molecular flexibility index (Phi) is 15.8. The summed E-state index contributed by atoms with van der Waals surface area (Å²) in [5.74, 6) is -0.783. The number of hydrogen-bond donors (Lipinski definition) is 1. The maximum Gasteiger partial charge on any atom is 1.00 e. The molecule has 0 radical (unpaired) electrons. The maximum atomic E-state index is 11.3. The summed E-state index contributed by atoms with van der Waals surface area (Å²) < 4.78 is 26.5. The molecule has 0 rings (SSSR count). The van der Waals surface area contributed by atoms with E-state index in [1.807, 2.05) is 0 Å². The number of aliphatic hydroxyl groups excluding tert-OH is 1. The Bertz CT molecular complexity index is 360. The van der Waals surface area contributed by atoms with Crippen LogP contribution in [0.3, 0.4) is 0 Å². The zero-order chi connectivity index (χ0) is 15.4. The van der Waals surface area contributed by atoms with E-state index in [1.165, 1.54) is 32.1 Å². The first kappa shape index (κ1) is 23.6. The molecule has 0 heterocycles. The van der Waals surface area contributed by atoms with Crippen molar-refractivity contribution in [2.45, 2.75) is 83.5 Å². The number of rotatable bonds is 12. The number of carbonyl (C=O) groups excluding carboxylic acids is 1. The average Bonchev–Trinajstić information content (AvgIpc) is 2.36. The smallest absolute Gasteiger partial charge is 1.00 e. The van der Waals surface area contributed by atoms with E-state index in [9.17, 15) is 13.2 Å². The monoisotopic (exact) mass is 332 g/mol. The second-order valence-corrected chi connectivity index (χ2v) is 6.96. The number of hydrogen-bond acceptors (Lipinski definition) is 5. The fourth-order valence-corrected chi connectivity index (χ4v) is 2.30. The molecule has 0 saturated carbocycles. The Morgan fingerprint density at radius 2 is 1.48 bits per heavy atom. The molecule has 21 heavy (non-hydrogen) atoms. The fraction of sp³-hybridized carbons (Fsp3) is 0.929. The van der Waals surface area contributed by atoms with Crippen molar-refractivity contribution in [2.75, 3.05) is 0 Å². The van der Waals surface area contributed by atoms with Gasteiger partial charge in [0.1, 0.15) is 0 Å². The van der Waals surface area contributed by atoms with E-state index >= 15 is 0 Å². The Morgan fingerprint density at radius 3 is 1.90 bits per heavy atom. The Hall–Kier alpha value is 0.380. The van der Waals surface area contributed by atoms with Crippen LogP contribution in [-0.2, 0) is 19.1 Å². The molecule has 0 aliphatic heterocycles. The van der Waals surface area contributed by atoms with Gasteiger partial charge >= 0.3 is 45.6 Å². The van der Waals surface area contributed by atoms with Crippen molar-refractivity contribution in [3.8, 4) is 0 Å². The van der Waals surface area contributed by atoms with Crippen molar-refractivity contribution in [2.24, 2.45) is 0 Å². The average molecular weight is 332 g/mol. The van der Waals surface area contributed by atoms with E-state index in [2.05, 4.69) is 11.1 Å². The third-order valence-corrected chi connectivity index (χ3v) is 4.37. The van der Waals surface area contributed by atoms with Gasteiger partial charge in [-0.15, -0.1) is 0 Å². The molecule has 7 heteroatoms. The van der Waals surface area contributed by atoms with Gasteiger partial charge in [-0.3, -0.25) is 4.79 Å². The van der Waals surface area contributed by atoms with Crippen LogP contribution in [0.4, 0.5) is 0 Å². The van der Waals surface area contributed by atoms with Crippen LogP contribution in [-0.4, -0.2) is 24.9 Å². The molecule has 0 aromatic carbocycles. The molecule has 5 nitrogen and oxygen atoms in total. The third-order valence-electron chi connectivity index (χ3n) is 3.11. The summed E-state index contributed by atoms with van der Waals surface area (Å²) >= 11 is 0. The van der Waals surface area contributed by atoms with Crippen LogP contribution in [0.25, 0.3) is 0 Å². The van der Waals surface area contributed by atoms with Crippen LogP contribution in [0.15, 0.2) is 0 Å². The number of aliphatic hydroxyl groups is 1. The maximum absolute atomic E-state index is 11.3. The molecule has 0 aliphatic carbocycles. The minimum absolute atomic E-state index is 0. The molecule has 0 saturated heterocycles. The van der Waals surface area contributed by atoms with Crippen LogP contribution in [0.1, 0.15) is 79.5 Å². The normalized spacial score (nSPS) is 12.5. The van der Waals surface area contributed by atoms with E-state index in [0.29, 0.717) is 6.42 Å². The van der Waals surface area contributed by atoms with E-state index in [1.54, 1.807) is 0 Å². The largest absolute Gasteiger partial charge is 1.00 e. The van der Waals surface area contributed by atoms with Gasteiger partial charge < -0.3 is 10.7 Å². The van der Waals surface area contributed by atoms with Crippen molar-refractivity contribution in [3.63, 3.8) is 0 Å². The summed E-state index contributed by atoms with van der Waals surface area (Å²) in [6.45, 7) is 3.25. The molecule has 1 N–H and O–H groups in total. The Morgan fingerprint density at radius 1 is 1.05 bits per heavy atom. The molecule has 0 fully saturated rings. The Labute approximate surface area is 152 Å². The molecule has 0 aromatic rings. The molecule has 1 unspecified atom stereocenters. The zero-order valence-electron chi connectivity index (χ0n) is 14.6. The fourth-order valence-electron chi connectivity index (χ4n) is 1.82. The van der Waals surface area contributed by atoms with Gasteiger partial charge in [0.25, 0.3) is 0 Å². The predicted octanol–water partition coefficient (Wildman–Crippen LogP) is 0.235. The van der Waals surface area contributed by atoms with Gasteiger partial charge in [-0.05, 0) is 13.3 Å². The second kappa shape index (κ2) is 14.0. The van der Waals surface area contributed by atoms with Gasteiger partial charge in [0.2, 0.25) is 0 Å². The molecule has 0 amide bonds. The van der Waals surface area contributed by atoms with Crippen LogP contribution >= 0.6 is 0 Å². The summed E-state index contributed by atoms with van der Waals surface area (Å²) in [6.07, 6.45) is 10.2. The molecule has 0 bridgehead atoms. The molecular formula is C14H29NaO5S. The van der Waals surface area contributed by atoms with Gasteiger partial charge in [-0.1, -0.05) is 58.3 Å². The minimum atomic E-state index is -4.15. The van der Waals surface area contributed by atoms with Crippen LogP contribution in [0.5, 0.6) is 0 Å². The van der Waals surface area contributed by atoms with Crippen molar-refractivity contribution in [1.29, 1.82) is 0 Å². The summed E-state index contributed by atoms with van der Waals surface area (Å²) in [7, 11) is -4.15. The van der Waals surface area contributed by atoms with Crippen LogP contribution in [0.2, 0.25) is 0 Å². The van der Waals surface area contributed by atoms with Gasteiger partial charge in [-0.25, -0.2) is 0 Å². The van der Waals surface area contributed by atoms with E-state index in [0.717, 1.165) is 26.2 Å². The van der Waals surface area contributed by atoms with Crippen molar-refractivity contribution in [1.82, 2.24) is 0 Å². The molecule has 0 aromatic heterocycles. The standard InChI is InChI=1S/C14H28O5S.Na.H/c1-3-4-5-6-7-8-9-10-11-12-14(16)19-20(17,18)13(2)15;;/h13,15H,3-12H2,1-2H3;;/q;+1;-1. The zero-order valence-corrected chi connectivity index (χ0v) is 16.5. The second-order valence-electron chi connectivity index (χ2n) is 5.13. The molecule has 0 spiro atoms. The number of carbonyl (C=O) groups is 1. The molecule has 122 valence electrons. The van der Waals surface area contributed by atoms with Gasteiger partial charge in [0.15, 0.2) is 5.44 Å². The van der Waals surface area contributed by atoms with Gasteiger partial charge in [-0.2, -0.15) is 8.42 Å². The quantitative estimate of drug-likeness (QED) is 0.314. The van der Waals surface area contributed by atoms with Crippen molar-refractivity contribution in [3.05, 3.63) is 0 Å². The summed E-state index contributed by atoms with van der Waals surface area (Å²) in [6, 6.07) is 0. The van der Waals surface area contributed by atoms with E-state index in [4.69, 9.17) is 5.11 Å². The van der Waals surface area contributed by atoms with Crippen molar-refractivity contribution >= 4 is 16.1 Å². The summed E-state index contributed by atoms with van der Waals surface area (Å²) in [5, 5.41) is 8.89. The first-order chi connectivity index (χ1) is 9.40. The van der Waals surface area contributed by atoms with Gasteiger partial charge in [0.05, 0.1) is 0 Å². The summed E-state index contributed by atoms with van der Waals surface area (Å²) in [4.78, 5) is 11.3. The van der Waals surface area contributed by atoms with E-state index in [-0.39, 0.29) is 37.4 Å². The minimum Gasteiger partial charge on any atom is -1.00 e. The third kappa shape index (κ3) is 13.7. The first-order valence-corrected chi connectivity index (χ1v) is 9.01. The van der Waals surface area contributed by atoms with Gasteiger partial charge in [0, 0.05) is 6.42 Å². The predicted molar refractivity (Wildman–Crippen MR) is 79.6 cm³/mol. The van der Waals surface area contributed by atoms with Crippen LogP contribution < -0.4 is 29.6 Å². The molecule has 1 atom stereocenters. The summed E-state index contributed by atoms with van der Waals surface area (Å²) in [5.41, 5.74) is -1.67. The topological polar surface area (TPSA) is 80.7 Å². The SMILES string of the molecule is CCCCCCCCCCCC(=O)OS(=O)(=O)C(C)O.[H-].[Na+]. The molecule has 0 aliphatic rings. The van der Waals surface area contributed by atoms with E-state index < -0.39 is 21.5 Å². The van der Waals surface area contributed by atoms with Crippen molar-refractivity contribution < 1.29 is 53.5 Å². The molecular weight excluding hydrogens is 303 g/mol. The van der Waals surface area contributed by atoms with Crippen LogP contribution in [0, 0.1) is 0 Å². The first-order valence-electron chi connectivity index (χ1n) is 7.54.